The van der Waals surface area contributed by atoms with Crippen molar-refractivity contribution < 1.29 is 14.3 Å². The maximum atomic E-state index is 12.7. The van der Waals surface area contributed by atoms with E-state index < -0.39 is 0 Å². The number of morpholine rings is 1. The molecule has 6 heteroatoms. The third kappa shape index (κ3) is 3.69. The highest BCUT2D eigenvalue weighted by Gasteiger charge is 2.38. The van der Waals surface area contributed by atoms with Crippen LogP contribution < -0.4 is 0 Å². The molecule has 3 atom stereocenters. The third-order valence-corrected chi connectivity index (χ3v) is 4.42. The Morgan fingerprint density at radius 2 is 1.87 bits per heavy atom. The lowest BCUT2D eigenvalue weighted by Crippen LogP contribution is -2.50. The van der Waals surface area contributed by atoms with Crippen LogP contribution in [0.3, 0.4) is 0 Å². The summed E-state index contributed by atoms with van der Waals surface area (Å²) in [6.45, 7) is 6.22. The molecular formula is C17H23N3O3. The second-order valence-corrected chi connectivity index (χ2v) is 6.53. The Balaban J connectivity index is 1.61. The van der Waals surface area contributed by atoms with E-state index in [-0.39, 0.29) is 29.9 Å². The van der Waals surface area contributed by atoms with Gasteiger partial charge in [-0.3, -0.25) is 14.6 Å². The Kier molecular flexibility index (Phi) is 4.61. The van der Waals surface area contributed by atoms with Crippen LogP contribution in [0.25, 0.3) is 0 Å². The van der Waals surface area contributed by atoms with Crippen LogP contribution in [0.5, 0.6) is 0 Å². The van der Waals surface area contributed by atoms with Gasteiger partial charge in [-0.25, -0.2) is 0 Å². The number of pyridine rings is 1. The number of hydrogen-bond donors (Lipinski definition) is 0. The second kappa shape index (κ2) is 6.66. The average Bonchev–Trinajstić information content (AvgIpc) is 2.87. The Morgan fingerprint density at radius 3 is 2.52 bits per heavy atom. The summed E-state index contributed by atoms with van der Waals surface area (Å²) in [6.07, 6.45) is 3.84. The molecule has 2 amide bonds. The minimum absolute atomic E-state index is 0.0488. The van der Waals surface area contributed by atoms with Crippen molar-refractivity contribution in [3.63, 3.8) is 0 Å². The second-order valence-electron chi connectivity index (χ2n) is 6.53. The fourth-order valence-electron chi connectivity index (χ4n) is 3.42. The Morgan fingerprint density at radius 1 is 1.22 bits per heavy atom. The predicted octanol–water partition coefficient (Wildman–Crippen LogP) is 1.07. The molecule has 0 aliphatic carbocycles. The van der Waals surface area contributed by atoms with Crippen LogP contribution in [0, 0.1) is 5.92 Å². The molecular weight excluding hydrogens is 294 g/mol. The van der Waals surface area contributed by atoms with Gasteiger partial charge in [0.15, 0.2) is 0 Å². The lowest BCUT2D eigenvalue weighted by molar-refractivity contribution is -0.147. The van der Waals surface area contributed by atoms with Crippen LogP contribution in [0.4, 0.5) is 0 Å². The standard InChI is InChI=1S/C17H23N3O3/c1-12-8-20(9-13(2)23-12)17(22)15-7-16(21)19(11-15)10-14-3-5-18-6-4-14/h3-6,12-13,15H,7-11H2,1-2H3/t12-,13+,15-/m1/s1. The van der Waals surface area contributed by atoms with Crippen molar-refractivity contribution >= 4 is 11.8 Å². The molecule has 6 nitrogen and oxygen atoms in total. The highest BCUT2D eigenvalue weighted by molar-refractivity contribution is 5.89. The zero-order chi connectivity index (χ0) is 16.4. The van der Waals surface area contributed by atoms with Gasteiger partial charge >= 0.3 is 0 Å². The zero-order valence-corrected chi connectivity index (χ0v) is 13.6. The first-order valence-corrected chi connectivity index (χ1v) is 8.14. The maximum absolute atomic E-state index is 12.7. The van der Waals surface area contributed by atoms with E-state index in [1.54, 1.807) is 17.3 Å². The van der Waals surface area contributed by atoms with Gasteiger partial charge < -0.3 is 14.5 Å². The van der Waals surface area contributed by atoms with Crippen molar-refractivity contribution in [1.29, 1.82) is 0 Å². The molecule has 1 aromatic heterocycles. The Bertz CT molecular complexity index is 568. The zero-order valence-electron chi connectivity index (χ0n) is 13.6. The number of likely N-dealkylation sites (tertiary alicyclic amines) is 1. The quantitative estimate of drug-likeness (QED) is 0.836. The normalized spacial score (nSPS) is 28.3. The van der Waals surface area contributed by atoms with Gasteiger partial charge in [0.05, 0.1) is 18.1 Å². The lowest BCUT2D eigenvalue weighted by Gasteiger charge is -2.36. The number of aromatic nitrogens is 1. The van der Waals surface area contributed by atoms with Crippen molar-refractivity contribution in [3.8, 4) is 0 Å². The van der Waals surface area contributed by atoms with Crippen LogP contribution in [-0.4, -0.2) is 58.4 Å². The van der Waals surface area contributed by atoms with Gasteiger partial charge in [0, 0.05) is 45.0 Å². The number of carbonyl (C=O) groups excluding carboxylic acids is 2. The molecule has 0 radical (unpaired) electrons. The highest BCUT2D eigenvalue weighted by Crippen LogP contribution is 2.23. The molecule has 2 aliphatic rings. The van der Waals surface area contributed by atoms with Gasteiger partial charge in [-0.05, 0) is 31.5 Å². The van der Waals surface area contributed by atoms with Crippen molar-refractivity contribution in [2.75, 3.05) is 19.6 Å². The van der Waals surface area contributed by atoms with Crippen LogP contribution >= 0.6 is 0 Å². The molecule has 2 aliphatic heterocycles. The van der Waals surface area contributed by atoms with Gasteiger partial charge in [-0.2, -0.15) is 0 Å². The van der Waals surface area contributed by atoms with Gasteiger partial charge in [-0.1, -0.05) is 0 Å². The van der Waals surface area contributed by atoms with Gasteiger partial charge in [0.1, 0.15) is 0 Å². The largest absolute Gasteiger partial charge is 0.372 e. The first kappa shape index (κ1) is 15.9. The van der Waals surface area contributed by atoms with Crippen molar-refractivity contribution in [1.82, 2.24) is 14.8 Å². The van der Waals surface area contributed by atoms with Crippen molar-refractivity contribution in [2.45, 2.75) is 39.0 Å². The Hall–Kier alpha value is -1.95. The number of carbonyl (C=O) groups is 2. The molecule has 23 heavy (non-hydrogen) atoms. The highest BCUT2D eigenvalue weighted by atomic mass is 16.5. The number of rotatable bonds is 3. The SMILES string of the molecule is C[C@@H]1CN(C(=O)[C@@H]2CC(=O)N(Cc3ccncc3)C2)C[C@H](C)O1. The number of hydrogen-bond acceptors (Lipinski definition) is 4. The molecule has 3 heterocycles. The fraction of sp³-hybridized carbons (Fsp3) is 0.588. The molecule has 124 valence electrons. The molecule has 0 N–H and O–H groups in total. The summed E-state index contributed by atoms with van der Waals surface area (Å²) in [5, 5.41) is 0. The van der Waals surface area contributed by atoms with E-state index in [4.69, 9.17) is 4.74 Å². The summed E-state index contributed by atoms with van der Waals surface area (Å²) in [7, 11) is 0. The molecule has 0 bridgehead atoms. The average molecular weight is 317 g/mol. The minimum Gasteiger partial charge on any atom is -0.372 e. The predicted molar refractivity (Wildman–Crippen MR) is 84.4 cm³/mol. The van der Waals surface area contributed by atoms with E-state index in [1.807, 2.05) is 30.9 Å². The minimum atomic E-state index is -0.234. The van der Waals surface area contributed by atoms with E-state index in [0.29, 0.717) is 32.6 Å². The summed E-state index contributed by atoms with van der Waals surface area (Å²) in [4.78, 5) is 32.5. The maximum Gasteiger partial charge on any atom is 0.228 e. The molecule has 1 aromatic rings. The van der Waals surface area contributed by atoms with E-state index in [0.717, 1.165) is 5.56 Å². The lowest BCUT2D eigenvalue weighted by atomic mass is 10.1. The summed E-state index contributed by atoms with van der Waals surface area (Å²) in [5.74, 6) is -0.103. The van der Waals surface area contributed by atoms with E-state index in [2.05, 4.69) is 4.98 Å². The fourth-order valence-corrected chi connectivity index (χ4v) is 3.42. The molecule has 0 saturated carbocycles. The molecule has 2 saturated heterocycles. The first-order chi connectivity index (χ1) is 11.0. The molecule has 0 spiro atoms. The summed E-state index contributed by atoms with van der Waals surface area (Å²) < 4.78 is 5.67. The summed E-state index contributed by atoms with van der Waals surface area (Å²) in [5.41, 5.74) is 1.04. The molecule has 0 aromatic carbocycles. The van der Waals surface area contributed by atoms with Crippen molar-refractivity contribution in [3.05, 3.63) is 30.1 Å². The number of ether oxygens (including phenoxy) is 1. The summed E-state index contributed by atoms with van der Waals surface area (Å²) in [6, 6.07) is 3.79. The van der Waals surface area contributed by atoms with Crippen LogP contribution in [-0.2, 0) is 20.9 Å². The van der Waals surface area contributed by atoms with E-state index >= 15 is 0 Å². The van der Waals surface area contributed by atoms with Crippen LogP contribution in [0.15, 0.2) is 24.5 Å². The van der Waals surface area contributed by atoms with Gasteiger partial charge in [0.2, 0.25) is 11.8 Å². The topological polar surface area (TPSA) is 62.7 Å². The summed E-state index contributed by atoms with van der Waals surface area (Å²) >= 11 is 0. The van der Waals surface area contributed by atoms with Crippen LogP contribution in [0.2, 0.25) is 0 Å². The number of amides is 2. The van der Waals surface area contributed by atoms with E-state index in [1.165, 1.54) is 0 Å². The molecule has 3 rings (SSSR count). The van der Waals surface area contributed by atoms with Crippen LogP contribution in [0.1, 0.15) is 25.8 Å². The third-order valence-electron chi connectivity index (χ3n) is 4.42. The smallest absolute Gasteiger partial charge is 0.228 e. The monoisotopic (exact) mass is 317 g/mol. The molecule has 0 unspecified atom stereocenters. The Labute approximate surface area is 136 Å². The van der Waals surface area contributed by atoms with E-state index in [9.17, 15) is 9.59 Å². The first-order valence-electron chi connectivity index (χ1n) is 8.14. The van der Waals surface area contributed by atoms with Gasteiger partial charge in [0.25, 0.3) is 0 Å². The van der Waals surface area contributed by atoms with Gasteiger partial charge in [-0.15, -0.1) is 0 Å². The number of nitrogens with zero attached hydrogens (tertiary/aromatic N) is 3. The van der Waals surface area contributed by atoms with Crippen molar-refractivity contribution in [2.24, 2.45) is 5.92 Å². The molecule has 2 fully saturated rings.